The molecule has 0 fully saturated rings. The Labute approximate surface area is 321 Å². The number of para-hydroxylation sites is 5. The lowest BCUT2D eigenvalue weighted by atomic mass is 10.1. The second-order valence-corrected chi connectivity index (χ2v) is 13.0. The van der Waals surface area contributed by atoms with Crippen LogP contribution in [0.2, 0.25) is 0 Å². The molecule has 5 aromatic heterocycles. The van der Waals surface area contributed by atoms with Gasteiger partial charge in [-0.15, -0.1) is 0 Å². The van der Waals surface area contributed by atoms with Crippen molar-refractivity contribution in [3.63, 3.8) is 0 Å². The fraction of sp³-hybridized carbons (Fsp3) is 0.104. The van der Waals surface area contributed by atoms with E-state index in [0.717, 1.165) is 55.9 Å². The van der Waals surface area contributed by atoms with Gasteiger partial charge in [-0.25, -0.2) is 15.0 Å². The standard InChI is InChI=1S/3C10H9N.2C9H8N2/c1-8-6-9-4-2-3-5-10(9)7-11-8;1-8-6-9-4-2-3-5-10(9)11-7-8;1-8-6-7-9-4-2-3-5-10(9)11-8;1-7-10-6-8-4-2-3-5-9(8)11-7;1-7-6-10-8-4-2-3-5-9(8)11-7/h3*2-7H,1H3;2*2-6H,1H3. The number of aromatic nitrogens is 7. The largest absolute Gasteiger partial charge is 0.261 e. The summed E-state index contributed by atoms with van der Waals surface area (Å²) in [5, 5.41) is 5.99. The molecular formula is C48H43N7. The predicted octanol–water partition coefficient (Wildman–Crippen LogP) is 11.5. The van der Waals surface area contributed by atoms with Crippen molar-refractivity contribution in [3.05, 3.63) is 199 Å². The maximum Gasteiger partial charge on any atom is 0.125 e. The van der Waals surface area contributed by atoms with Gasteiger partial charge in [0.05, 0.1) is 33.3 Å². The van der Waals surface area contributed by atoms with Crippen molar-refractivity contribution in [1.82, 2.24) is 34.9 Å². The average Bonchev–Trinajstić information content (AvgIpc) is 3.21. The molecule has 10 aromatic rings. The Morgan fingerprint density at radius 3 is 1.56 bits per heavy atom. The molecule has 0 N–H and O–H groups in total. The zero-order valence-corrected chi connectivity index (χ0v) is 31.8. The summed E-state index contributed by atoms with van der Waals surface area (Å²) >= 11 is 0. The third-order valence-corrected chi connectivity index (χ3v) is 8.41. The average molecular weight is 718 g/mol. The van der Waals surface area contributed by atoms with Crippen molar-refractivity contribution in [2.45, 2.75) is 34.6 Å². The first-order valence-corrected chi connectivity index (χ1v) is 18.1. The van der Waals surface area contributed by atoms with Gasteiger partial charge in [-0.05, 0) is 94.1 Å². The van der Waals surface area contributed by atoms with Crippen LogP contribution >= 0.6 is 0 Å². The summed E-state index contributed by atoms with van der Waals surface area (Å²) in [5.74, 6) is 0.823. The van der Waals surface area contributed by atoms with E-state index in [-0.39, 0.29) is 0 Å². The number of fused-ring (bicyclic) bond motifs is 5. The molecule has 0 saturated heterocycles. The van der Waals surface area contributed by atoms with Gasteiger partial charge in [0, 0.05) is 57.7 Å². The van der Waals surface area contributed by atoms with Gasteiger partial charge >= 0.3 is 0 Å². The number of benzene rings is 5. The summed E-state index contributed by atoms with van der Waals surface area (Å²) in [6.45, 7) is 9.91. The predicted molar refractivity (Wildman–Crippen MR) is 228 cm³/mol. The Kier molecular flexibility index (Phi) is 12.8. The van der Waals surface area contributed by atoms with Crippen molar-refractivity contribution < 1.29 is 0 Å². The van der Waals surface area contributed by atoms with E-state index >= 15 is 0 Å². The number of aryl methyl sites for hydroxylation is 5. The lowest BCUT2D eigenvalue weighted by Crippen LogP contribution is -1.86. The summed E-state index contributed by atoms with van der Waals surface area (Å²) in [5.41, 5.74) is 9.40. The molecule has 7 heteroatoms. The molecule has 7 nitrogen and oxygen atoms in total. The van der Waals surface area contributed by atoms with E-state index < -0.39 is 0 Å². The number of hydrogen-bond donors (Lipinski definition) is 0. The highest BCUT2D eigenvalue weighted by Gasteiger charge is 1.95. The van der Waals surface area contributed by atoms with E-state index in [0.29, 0.717) is 0 Å². The van der Waals surface area contributed by atoms with Crippen LogP contribution < -0.4 is 0 Å². The van der Waals surface area contributed by atoms with Gasteiger partial charge in [0.1, 0.15) is 5.82 Å². The van der Waals surface area contributed by atoms with Crippen molar-refractivity contribution in [1.29, 1.82) is 0 Å². The summed E-state index contributed by atoms with van der Waals surface area (Å²) in [6, 6.07) is 48.7. The maximum atomic E-state index is 4.38. The topological polar surface area (TPSA) is 90.2 Å². The number of pyridine rings is 3. The molecule has 5 heterocycles. The smallest absolute Gasteiger partial charge is 0.125 e. The van der Waals surface area contributed by atoms with Crippen molar-refractivity contribution >= 4 is 54.5 Å². The van der Waals surface area contributed by atoms with Gasteiger partial charge in [0.15, 0.2) is 0 Å². The van der Waals surface area contributed by atoms with Gasteiger partial charge < -0.3 is 0 Å². The fourth-order valence-electron chi connectivity index (χ4n) is 5.66. The van der Waals surface area contributed by atoms with Crippen molar-refractivity contribution in [2.24, 2.45) is 0 Å². The fourth-order valence-corrected chi connectivity index (χ4v) is 5.66. The van der Waals surface area contributed by atoms with E-state index in [1.54, 1.807) is 6.20 Å². The lowest BCUT2D eigenvalue weighted by molar-refractivity contribution is 1.09. The van der Waals surface area contributed by atoms with Crippen LogP contribution in [0.1, 0.15) is 28.5 Å². The van der Waals surface area contributed by atoms with Crippen LogP contribution in [-0.4, -0.2) is 34.9 Å². The zero-order valence-electron chi connectivity index (χ0n) is 31.8. The molecular weight excluding hydrogens is 675 g/mol. The van der Waals surface area contributed by atoms with Crippen LogP contribution in [0.15, 0.2) is 170 Å². The van der Waals surface area contributed by atoms with Gasteiger partial charge in [0.25, 0.3) is 0 Å². The number of rotatable bonds is 0. The van der Waals surface area contributed by atoms with Crippen molar-refractivity contribution in [3.8, 4) is 0 Å². The van der Waals surface area contributed by atoms with Crippen LogP contribution in [-0.2, 0) is 0 Å². The van der Waals surface area contributed by atoms with Gasteiger partial charge in [0.2, 0.25) is 0 Å². The Bertz CT molecular complexity index is 2350. The SMILES string of the molecule is Cc1cc2ccccc2cn1.Cc1ccc2ccccc2n1.Cc1cnc2ccccc2c1.Cc1cnc2ccccc2n1.Cc1ncc2ccccc2n1. The molecule has 10 rings (SSSR count). The number of nitrogens with zero attached hydrogens (tertiary/aromatic N) is 7. The molecule has 5 aromatic carbocycles. The van der Waals surface area contributed by atoms with Crippen LogP contribution in [0.3, 0.4) is 0 Å². The second kappa shape index (κ2) is 18.7. The quantitative estimate of drug-likeness (QED) is 0.154. The molecule has 0 radical (unpaired) electrons. The summed E-state index contributed by atoms with van der Waals surface area (Å²) < 4.78 is 0. The molecule has 0 atom stereocenters. The Balaban J connectivity index is 0.000000117. The highest BCUT2D eigenvalue weighted by Crippen LogP contribution is 2.14. The molecule has 0 aliphatic rings. The van der Waals surface area contributed by atoms with Crippen LogP contribution in [0.5, 0.6) is 0 Å². The second-order valence-electron chi connectivity index (χ2n) is 13.0. The molecule has 55 heavy (non-hydrogen) atoms. The van der Waals surface area contributed by atoms with E-state index in [1.807, 2.05) is 149 Å². The van der Waals surface area contributed by atoms with E-state index in [2.05, 4.69) is 84.3 Å². The highest BCUT2D eigenvalue weighted by molar-refractivity contribution is 5.82. The van der Waals surface area contributed by atoms with Crippen molar-refractivity contribution in [2.75, 3.05) is 0 Å². The maximum absolute atomic E-state index is 4.38. The molecule has 0 bridgehead atoms. The monoisotopic (exact) mass is 717 g/mol. The highest BCUT2D eigenvalue weighted by atomic mass is 14.9. The normalized spacial score (nSPS) is 10.3. The zero-order chi connectivity index (χ0) is 38.4. The first kappa shape index (κ1) is 37.8. The minimum atomic E-state index is 0.823. The Morgan fingerprint density at radius 2 is 0.818 bits per heavy atom. The molecule has 0 unspecified atom stereocenters. The number of hydrogen-bond acceptors (Lipinski definition) is 7. The third-order valence-electron chi connectivity index (χ3n) is 8.41. The molecule has 0 aliphatic carbocycles. The van der Waals surface area contributed by atoms with Gasteiger partial charge in [-0.3, -0.25) is 19.9 Å². The first-order chi connectivity index (χ1) is 26.8. The summed E-state index contributed by atoms with van der Waals surface area (Å²) in [4.78, 5) is 29.8. The Hall–Kier alpha value is -6.99. The van der Waals surface area contributed by atoms with Gasteiger partial charge in [-0.2, -0.15) is 0 Å². The van der Waals surface area contributed by atoms with Crippen LogP contribution in [0.25, 0.3) is 54.5 Å². The molecule has 0 saturated carbocycles. The van der Waals surface area contributed by atoms with Crippen LogP contribution in [0.4, 0.5) is 0 Å². The van der Waals surface area contributed by atoms with Crippen LogP contribution in [0, 0.1) is 34.6 Å². The first-order valence-electron chi connectivity index (χ1n) is 18.1. The van der Waals surface area contributed by atoms with E-state index in [1.165, 1.54) is 27.1 Å². The Morgan fingerprint density at radius 1 is 0.291 bits per heavy atom. The summed E-state index contributed by atoms with van der Waals surface area (Å²) in [6.07, 6.45) is 7.42. The molecule has 270 valence electrons. The van der Waals surface area contributed by atoms with E-state index in [4.69, 9.17) is 0 Å². The molecule has 0 aliphatic heterocycles. The lowest BCUT2D eigenvalue weighted by Gasteiger charge is -1.96. The molecule has 0 spiro atoms. The van der Waals surface area contributed by atoms with Gasteiger partial charge in [-0.1, -0.05) is 97.1 Å². The molecule has 0 amide bonds. The van der Waals surface area contributed by atoms with E-state index in [9.17, 15) is 0 Å². The minimum Gasteiger partial charge on any atom is -0.261 e. The minimum absolute atomic E-state index is 0.823. The third kappa shape index (κ3) is 11.0. The summed E-state index contributed by atoms with van der Waals surface area (Å²) in [7, 11) is 0.